The van der Waals surface area contributed by atoms with Crippen molar-refractivity contribution in [3.63, 3.8) is 0 Å². The molecule has 7 nitrogen and oxygen atoms in total. The summed E-state index contributed by atoms with van der Waals surface area (Å²) in [4.78, 5) is 21.3. The van der Waals surface area contributed by atoms with Crippen molar-refractivity contribution in [1.82, 2.24) is 20.3 Å². The number of hydrogen-bond donors (Lipinski definition) is 4. The molecule has 2 aromatic heterocycles. The fraction of sp³-hybridized carbons (Fsp3) is 0.304. The number of benzene rings is 1. The Kier molecular flexibility index (Phi) is 5.94. The Labute approximate surface area is 175 Å². The van der Waals surface area contributed by atoms with Crippen LogP contribution in [0.15, 0.2) is 48.7 Å². The number of nitrogens with zero attached hydrogens (tertiary/aromatic N) is 2. The number of nitrogens with one attached hydrogen (secondary N) is 2. The standard InChI is InChI=1S/C23H26N4O3/c1-15-21(20-4-2-3-5-22(20)25-15)11-18-10-19(28)14-27(18)13-17-8-6-16(12-24-17)7-9-23(29)26-30/h2-9,12,18-19,25,28,30H,10-11,13-14H2,1H3,(H,26,29)/b9-7+/t18-,19+/m1/s1. The van der Waals surface area contributed by atoms with E-state index in [1.165, 1.54) is 22.7 Å². The van der Waals surface area contributed by atoms with Crippen molar-refractivity contribution in [3.8, 4) is 0 Å². The maximum absolute atomic E-state index is 11.1. The van der Waals surface area contributed by atoms with E-state index in [1.807, 2.05) is 18.2 Å². The Morgan fingerprint density at radius 2 is 2.17 bits per heavy atom. The molecule has 1 aliphatic rings. The number of hydroxylamine groups is 1. The molecular weight excluding hydrogens is 380 g/mol. The first kappa shape index (κ1) is 20.3. The van der Waals surface area contributed by atoms with E-state index in [-0.39, 0.29) is 12.1 Å². The van der Waals surface area contributed by atoms with Crippen LogP contribution in [0, 0.1) is 6.92 Å². The van der Waals surface area contributed by atoms with Gasteiger partial charge in [0.15, 0.2) is 0 Å². The molecule has 0 unspecified atom stereocenters. The average Bonchev–Trinajstić information content (AvgIpc) is 3.26. The summed E-state index contributed by atoms with van der Waals surface area (Å²) in [6.45, 7) is 3.40. The quantitative estimate of drug-likeness (QED) is 0.286. The van der Waals surface area contributed by atoms with Crippen molar-refractivity contribution >= 4 is 22.9 Å². The van der Waals surface area contributed by atoms with Gasteiger partial charge in [-0.25, -0.2) is 5.48 Å². The number of aromatic nitrogens is 2. The number of carbonyl (C=O) groups excluding carboxylic acids is 1. The van der Waals surface area contributed by atoms with E-state index in [9.17, 15) is 9.90 Å². The summed E-state index contributed by atoms with van der Waals surface area (Å²) in [7, 11) is 0. The number of amides is 1. The lowest BCUT2D eigenvalue weighted by molar-refractivity contribution is -0.124. The number of H-pyrrole nitrogens is 1. The van der Waals surface area contributed by atoms with Gasteiger partial charge in [0.25, 0.3) is 5.91 Å². The van der Waals surface area contributed by atoms with Gasteiger partial charge in [0, 0.05) is 48.0 Å². The van der Waals surface area contributed by atoms with Crippen molar-refractivity contribution < 1.29 is 15.1 Å². The number of rotatable bonds is 6. The number of aryl methyl sites for hydroxylation is 1. The predicted molar refractivity (Wildman–Crippen MR) is 115 cm³/mol. The summed E-state index contributed by atoms with van der Waals surface area (Å²) in [5, 5.41) is 20.1. The van der Waals surface area contributed by atoms with E-state index < -0.39 is 5.91 Å². The monoisotopic (exact) mass is 406 g/mol. The third-order valence-corrected chi connectivity index (χ3v) is 5.72. The molecule has 1 aliphatic heterocycles. The van der Waals surface area contributed by atoms with E-state index in [4.69, 9.17) is 5.21 Å². The molecule has 0 radical (unpaired) electrons. The Morgan fingerprint density at radius 3 is 2.93 bits per heavy atom. The molecule has 2 atom stereocenters. The SMILES string of the molecule is Cc1[nH]c2ccccc2c1C[C@H]1C[C@H](O)CN1Cc1ccc(/C=C/C(=O)NO)cn1. The fourth-order valence-electron chi connectivity index (χ4n) is 4.24. The summed E-state index contributed by atoms with van der Waals surface area (Å²) in [6.07, 6.45) is 5.82. The molecule has 1 aromatic carbocycles. The number of hydrogen-bond acceptors (Lipinski definition) is 5. The van der Waals surface area contributed by atoms with Crippen LogP contribution in [0.1, 0.15) is 28.9 Å². The summed E-state index contributed by atoms with van der Waals surface area (Å²) < 4.78 is 0. The number of β-amino-alcohol motifs (C(OH)–C–C–N with tert-alkyl or cyclic N) is 1. The lowest BCUT2D eigenvalue weighted by atomic mass is 10.0. The van der Waals surface area contributed by atoms with Gasteiger partial charge in [0.1, 0.15) is 0 Å². The zero-order valence-electron chi connectivity index (χ0n) is 16.9. The lowest BCUT2D eigenvalue weighted by Crippen LogP contribution is -2.31. The molecule has 1 fully saturated rings. The lowest BCUT2D eigenvalue weighted by Gasteiger charge is -2.24. The van der Waals surface area contributed by atoms with E-state index in [0.717, 1.165) is 29.6 Å². The highest BCUT2D eigenvalue weighted by atomic mass is 16.5. The first-order chi connectivity index (χ1) is 14.5. The minimum Gasteiger partial charge on any atom is -0.392 e. The van der Waals surface area contributed by atoms with Crippen LogP contribution < -0.4 is 5.48 Å². The maximum atomic E-state index is 11.1. The second-order valence-corrected chi connectivity index (χ2v) is 7.84. The highest BCUT2D eigenvalue weighted by molar-refractivity contribution is 5.90. The minimum atomic E-state index is -0.583. The summed E-state index contributed by atoms with van der Waals surface area (Å²) in [5.74, 6) is -0.583. The van der Waals surface area contributed by atoms with E-state index in [1.54, 1.807) is 17.8 Å². The van der Waals surface area contributed by atoms with Gasteiger partial charge in [-0.3, -0.25) is 19.9 Å². The zero-order chi connectivity index (χ0) is 21.1. The smallest absolute Gasteiger partial charge is 0.267 e. The van der Waals surface area contributed by atoms with Crippen LogP contribution in [0.3, 0.4) is 0 Å². The Morgan fingerprint density at radius 1 is 1.33 bits per heavy atom. The van der Waals surface area contributed by atoms with Gasteiger partial charge in [-0.05, 0) is 49.1 Å². The topological polar surface area (TPSA) is 101 Å². The Bertz CT molecular complexity index is 1060. The predicted octanol–water partition coefficient (Wildman–Crippen LogP) is 2.57. The summed E-state index contributed by atoms with van der Waals surface area (Å²) in [6, 6.07) is 12.4. The Balaban J connectivity index is 1.47. The maximum Gasteiger partial charge on any atom is 0.267 e. The normalized spacial score (nSPS) is 19.7. The molecular formula is C23H26N4O3. The first-order valence-electron chi connectivity index (χ1n) is 10.1. The van der Waals surface area contributed by atoms with E-state index >= 15 is 0 Å². The number of pyridine rings is 1. The number of carbonyl (C=O) groups is 1. The molecule has 156 valence electrons. The van der Waals surface area contributed by atoms with Crippen LogP contribution in [0.25, 0.3) is 17.0 Å². The van der Waals surface area contributed by atoms with Gasteiger partial charge in [-0.1, -0.05) is 24.3 Å². The molecule has 0 saturated carbocycles. The van der Waals surface area contributed by atoms with Gasteiger partial charge in [-0.2, -0.15) is 0 Å². The number of aromatic amines is 1. The molecule has 0 aliphatic carbocycles. The minimum absolute atomic E-state index is 0.243. The molecule has 3 aromatic rings. The van der Waals surface area contributed by atoms with Gasteiger partial charge in [0.2, 0.25) is 0 Å². The fourth-order valence-corrected chi connectivity index (χ4v) is 4.24. The molecule has 4 rings (SSSR count). The van der Waals surface area contributed by atoms with Gasteiger partial charge < -0.3 is 10.1 Å². The molecule has 0 bridgehead atoms. The second kappa shape index (κ2) is 8.79. The molecule has 30 heavy (non-hydrogen) atoms. The number of para-hydroxylation sites is 1. The number of likely N-dealkylation sites (tertiary alicyclic amines) is 1. The first-order valence-corrected chi connectivity index (χ1v) is 10.1. The third kappa shape index (κ3) is 4.43. The highest BCUT2D eigenvalue weighted by Gasteiger charge is 2.32. The van der Waals surface area contributed by atoms with Crippen molar-refractivity contribution in [2.75, 3.05) is 6.54 Å². The van der Waals surface area contributed by atoms with Crippen molar-refractivity contribution in [3.05, 3.63) is 71.2 Å². The number of aliphatic hydroxyl groups excluding tert-OH is 1. The molecule has 1 amide bonds. The number of fused-ring (bicyclic) bond motifs is 1. The largest absolute Gasteiger partial charge is 0.392 e. The van der Waals surface area contributed by atoms with Gasteiger partial charge >= 0.3 is 0 Å². The Hall–Kier alpha value is -3.00. The molecule has 7 heteroatoms. The highest BCUT2D eigenvalue weighted by Crippen LogP contribution is 2.29. The van der Waals surface area contributed by atoms with Crippen molar-refractivity contribution in [1.29, 1.82) is 0 Å². The van der Waals surface area contributed by atoms with E-state index in [0.29, 0.717) is 13.1 Å². The number of aliphatic hydroxyl groups is 1. The van der Waals surface area contributed by atoms with Crippen LogP contribution in [-0.2, 0) is 17.8 Å². The molecule has 1 saturated heterocycles. The zero-order valence-corrected chi connectivity index (χ0v) is 16.9. The van der Waals surface area contributed by atoms with Crippen LogP contribution in [0.4, 0.5) is 0 Å². The van der Waals surface area contributed by atoms with Gasteiger partial charge in [0.05, 0.1) is 11.8 Å². The average molecular weight is 406 g/mol. The summed E-state index contributed by atoms with van der Waals surface area (Å²) in [5.41, 5.74) is 6.88. The van der Waals surface area contributed by atoms with Crippen LogP contribution in [0.2, 0.25) is 0 Å². The van der Waals surface area contributed by atoms with Crippen LogP contribution in [-0.4, -0.2) is 49.8 Å². The van der Waals surface area contributed by atoms with E-state index in [2.05, 4.69) is 40.0 Å². The molecule has 0 spiro atoms. The molecule has 3 heterocycles. The second-order valence-electron chi connectivity index (χ2n) is 7.84. The third-order valence-electron chi connectivity index (χ3n) is 5.72. The van der Waals surface area contributed by atoms with Crippen molar-refractivity contribution in [2.45, 2.75) is 38.5 Å². The van der Waals surface area contributed by atoms with Gasteiger partial charge in [-0.15, -0.1) is 0 Å². The van der Waals surface area contributed by atoms with Crippen molar-refractivity contribution in [2.24, 2.45) is 0 Å². The molecule has 4 N–H and O–H groups in total. The van der Waals surface area contributed by atoms with Crippen LogP contribution >= 0.6 is 0 Å². The summed E-state index contributed by atoms with van der Waals surface area (Å²) >= 11 is 0. The van der Waals surface area contributed by atoms with Crippen LogP contribution in [0.5, 0.6) is 0 Å².